The lowest BCUT2D eigenvalue weighted by atomic mass is 10.4. The Hall–Kier alpha value is -0.283. The van der Waals surface area contributed by atoms with Gasteiger partial charge in [0, 0.05) is 78.5 Å². The third kappa shape index (κ3) is 4.18. The van der Waals surface area contributed by atoms with Crippen LogP contribution in [0.1, 0.15) is 6.92 Å². The van der Waals surface area contributed by atoms with Gasteiger partial charge in [-0.05, 0) is 28.1 Å². The lowest BCUT2D eigenvalue weighted by molar-refractivity contribution is 0.127. The van der Waals surface area contributed by atoms with Crippen LogP contribution in [0.2, 0.25) is 0 Å². The second kappa shape index (κ2) is 8.60. The van der Waals surface area contributed by atoms with E-state index in [0.29, 0.717) is 0 Å². The van der Waals surface area contributed by atoms with E-state index in [1.54, 1.807) is 0 Å². The van der Waals surface area contributed by atoms with Crippen LogP contribution in [0.25, 0.3) is 0 Å². The average Bonchev–Trinajstić information content (AvgIpc) is 2.62. The van der Waals surface area contributed by atoms with E-state index in [9.17, 15) is 0 Å². The number of hydrogen-bond donors (Lipinski definition) is 0. The molecule has 0 aromatic heterocycles. The van der Waals surface area contributed by atoms with Gasteiger partial charge < -0.3 is 14.7 Å². The molecule has 0 atom stereocenters. The van der Waals surface area contributed by atoms with Crippen molar-refractivity contribution in [3.8, 4) is 0 Å². The summed E-state index contributed by atoms with van der Waals surface area (Å²) in [6, 6.07) is 0. The van der Waals surface area contributed by atoms with Crippen LogP contribution in [0.5, 0.6) is 0 Å². The third-order valence-corrected chi connectivity index (χ3v) is 11.2. The highest BCUT2D eigenvalue weighted by atomic mass is 28.4. The molecule has 144 valence electrons. The Labute approximate surface area is 155 Å². The maximum Gasteiger partial charge on any atom is 0.315 e. The van der Waals surface area contributed by atoms with E-state index >= 15 is 0 Å². The molecule has 0 saturated carbocycles. The van der Waals surface area contributed by atoms with Crippen LogP contribution in [0.15, 0.2) is 11.8 Å². The second-order valence-corrected chi connectivity index (χ2v) is 11.7. The number of rotatable bonds is 4. The zero-order valence-corrected chi connectivity index (χ0v) is 17.8. The Balaban J connectivity index is 1.89. The molecule has 0 unspecified atom stereocenters. The number of allylic oxidation sites excluding steroid dienone is 1. The van der Waals surface area contributed by atoms with E-state index in [-0.39, 0.29) is 0 Å². The summed E-state index contributed by atoms with van der Waals surface area (Å²) >= 11 is 0. The number of nitrogens with zero attached hydrogens (tertiary/aromatic N) is 6. The molecule has 0 bridgehead atoms. The molecular formula is C18H38N6Si. The molecule has 0 aromatic rings. The molecule has 0 spiro atoms. The van der Waals surface area contributed by atoms with Gasteiger partial charge in [-0.3, -0.25) is 13.7 Å². The maximum absolute atomic E-state index is 2.89. The first-order chi connectivity index (χ1) is 12.1. The number of hydrogen-bond acceptors (Lipinski definition) is 6. The first-order valence-electron chi connectivity index (χ1n) is 10.0. The fourth-order valence-electron chi connectivity index (χ4n) is 4.55. The van der Waals surface area contributed by atoms with E-state index in [1.807, 2.05) is 0 Å². The Bertz CT molecular complexity index is 380. The van der Waals surface area contributed by atoms with Crippen LogP contribution < -0.4 is 0 Å². The minimum Gasteiger partial charge on any atom is -0.304 e. The van der Waals surface area contributed by atoms with Gasteiger partial charge in [-0.15, -0.1) is 0 Å². The molecule has 3 aliphatic heterocycles. The van der Waals surface area contributed by atoms with E-state index in [2.05, 4.69) is 68.2 Å². The lowest BCUT2D eigenvalue weighted by Crippen LogP contribution is -2.79. The highest BCUT2D eigenvalue weighted by molar-refractivity contribution is 6.76. The molecule has 0 amide bonds. The first kappa shape index (κ1) is 19.5. The van der Waals surface area contributed by atoms with Crippen LogP contribution in [-0.2, 0) is 0 Å². The molecule has 3 heterocycles. The van der Waals surface area contributed by atoms with Gasteiger partial charge in [0.25, 0.3) is 0 Å². The summed E-state index contributed by atoms with van der Waals surface area (Å²) in [4.78, 5) is 7.46. The summed E-state index contributed by atoms with van der Waals surface area (Å²) in [5.41, 5.74) is 2.63. The predicted octanol–water partition coefficient (Wildman–Crippen LogP) is -0.217. The summed E-state index contributed by atoms with van der Waals surface area (Å²) in [5, 5.41) is 0. The number of piperazine rings is 3. The van der Waals surface area contributed by atoms with E-state index in [0.717, 1.165) is 0 Å². The van der Waals surface area contributed by atoms with Gasteiger partial charge in [0.15, 0.2) is 0 Å². The van der Waals surface area contributed by atoms with E-state index in [1.165, 1.54) is 78.5 Å². The highest BCUT2D eigenvalue weighted by Gasteiger charge is 2.50. The van der Waals surface area contributed by atoms with Crippen molar-refractivity contribution in [3.05, 3.63) is 11.8 Å². The maximum atomic E-state index is 2.89. The zero-order valence-electron chi connectivity index (χ0n) is 16.8. The SMILES string of the molecule is CC=C[Si](N1CCN(C)CC1)(N1CCN(C)CC1)N1CCN(C)CC1. The molecule has 0 N–H and O–H groups in total. The zero-order chi connectivity index (χ0) is 17.9. The minimum absolute atomic E-state index is 1.20. The topological polar surface area (TPSA) is 19.4 Å². The van der Waals surface area contributed by atoms with Gasteiger partial charge in [-0.1, -0.05) is 11.8 Å². The molecule has 7 heteroatoms. The van der Waals surface area contributed by atoms with Gasteiger partial charge in [0.05, 0.1) is 0 Å². The quantitative estimate of drug-likeness (QED) is 0.637. The Morgan fingerprint density at radius 2 is 0.800 bits per heavy atom. The lowest BCUT2D eigenvalue weighted by Gasteiger charge is -2.57. The molecule has 3 fully saturated rings. The van der Waals surface area contributed by atoms with Crippen LogP contribution in [0, 0.1) is 0 Å². The van der Waals surface area contributed by atoms with Crippen LogP contribution in [0.4, 0.5) is 0 Å². The van der Waals surface area contributed by atoms with Crippen molar-refractivity contribution in [1.82, 2.24) is 28.4 Å². The number of likely N-dealkylation sites (N-methyl/N-ethyl adjacent to an activating group) is 3. The van der Waals surface area contributed by atoms with E-state index in [4.69, 9.17) is 0 Å². The van der Waals surface area contributed by atoms with Crippen LogP contribution >= 0.6 is 0 Å². The Kier molecular flexibility index (Phi) is 6.70. The minimum atomic E-state index is -1.94. The third-order valence-electron chi connectivity index (χ3n) is 6.30. The summed E-state index contributed by atoms with van der Waals surface area (Å²) in [5.74, 6) is 0. The van der Waals surface area contributed by atoms with Crippen molar-refractivity contribution >= 4 is 8.56 Å². The summed E-state index contributed by atoms with van der Waals surface area (Å²) in [6.45, 7) is 16.7. The van der Waals surface area contributed by atoms with Crippen molar-refractivity contribution in [3.63, 3.8) is 0 Å². The van der Waals surface area contributed by atoms with Gasteiger partial charge >= 0.3 is 8.56 Å². The van der Waals surface area contributed by atoms with Gasteiger partial charge in [0.1, 0.15) is 0 Å². The second-order valence-electron chi connectivity index (χ2n) is 8.06. The standard InChI is InChI=1S/C18H38N6Si/c1-5-18-25(22-12-6-19(2)7-13-22,23-14-8-20(3)9-15-23)24-16-10-21(4)11-17-24/h5,18H,6-17H2,1-4H3. The monoisotopic (exact) mass is 366 g/mol. The van der Waals surface area contributed by atoms with Crippen molar-refractivity contribution < 1.29 is 0 Å². The molecule has 0 aliphatic carbocycles. The van der Waals surface area contributed by atoms with Gasteiger partial charge in [-0.2, -0.15) is 0 Å². The molecule has 3 saturated heterocycles. The Morgan fingerprint density at radius 3 is 1.04 bits per heavy atom. The van der Waals surface area contributed by atoms with Crippen LogP contribution in [0.3, 0.4) is 0 Å². The van der Waals surface area contributed by atoms with Crippen molar-refractivity contribution in [1.29, 1.82) is 0 Å². The van der Waals surface area contributed by atoms with Gasteiger partial charge in [0.2, 0.25) is 0 Å². The van der Waals surface area contributed by atoms with Crippen molar-refractivity contribution in [2.75, 3.05) is 99.7 Å². The molecule has 0 radical (unpaired) electrons. The normalized spacial score (nSPS) is 28.2. The fourth-order valence-corrected chi connectivity index (χ4v) is 9.40. The molecular weight excluding hydrogens is 328 g/mol. The van der Waals surface area contributed by atoms with Crippen LogP contribution in [-0.4, -0.2) is 137 Å². The molecule has 3 aliphatic rings. The van der Waals surface area contributed by atoms with Gasteiger partial charge in [-0.25, -0.2) is 0 Å². The smallest absolute Gasteiger partial charge is 0.304 e. The van der Waals surface area contributed by atoms with E-state index < -0.39 is 8.56 Å². The molecule has 0 aromatic carbocycles. The average molecular weight is 367 g/mol. The summed E-state index contributed by atoms with van der Waals surface area (Å²) in [7, 11) is 4.86. The summed E-state index contributed by atoms with van der Waals surface area (Å²) < 4.78 is 8.68. The largest absolute Gasteiger partial charge is 0.315 e. The predicted molar refractivity (Wildman–Crippen MR) is 108 cm³/mol. The van der Waals surface area contributed by atoms with Crippen molar-refractivity contribution in [2.45, 2.75) is 6.92 Å². The molecule has 25 heavy (non-hydrogen) atoms. The molecule has 6 nitrogen and oxygen atoms in total. The fraction of sp³-hybridized carbons (Fsp3) is 0.889. The first-order valence-corrected chi connectivity index (χ1v) is 11.9. The van der Waals surface area contributed by atoms with Crippen molar-refractivity contribution in [2.24, 2.45) is 0 Å². The molecule has 3 rings (SSSR count). The summed E-state index contributed by atoms with van der Waals surface area (Å²) in [6.07, 6.45) is 2.35. The highest BCUT2D eigenvalue weighted by Crippen LogP contribution is 2.26. The Morgan fingerprint density at radius 1 is 0.520 bits per heavy atom.